The van der Waals surface area contributed by atoms with Crippen LogP contribution in [0.2, 0.25) is 0 Å². The molecule has 0 fully saturated rings. The van der Waals surface area contributed by atoms with Crippen LogP contribution in [0, 0.1) is 0 Å². The highest BCUT2D eigenvalue weighted by atomic mass is 35.5. The lowest BCUT2D eigenvalue weighted by Gasteiger charge is -2.08. The molecular formula is C21H40ClNO10. The second kappa shape index (κ2) is 27.2. The van der Waals surface area contributed by atoms with Crippen molar-refractivity contribution in [1.82, 2.24) is 5.32 Å². The van der Waals surface area contributed by atoms with Crippen LogP contribution in [0.3, 0.4) is 0 Å². The summed E-state index contributed by atoms with van der Waals surface area (Å²) in [5, 5.41) is 11.1. The first-order chi connectivity index (χ1) is 16.2. The van der Waals surface area contributed by atoms with Crippen LogP contribution in [0.25, 0.3) is 0 Å². The zero-order valence-electron chi connectivity index (χ0n) is 19.4. The summed E-state index contributed by atoms with van der Waals surface area (Å²) < 4.78 is 37.5. The van der Waals surface area contributed by atoms with Crippen molar-refractivity contribution in [3.8, 4) is 0 Å². The number of rotatable bonds is 27. The van der Waals surface area contributed by atoms with E-state index >= 15 is 0 Å². The molecule has 0 saturated carbocycles. The number of carboxylic acids is 1. The van der Waals surface area contributed by atoms with Crippen LogP contribution in [0.5, 0.6) is 0 Å². The molecule has 0 aliphatic heterocycles. The number of amides is 1. The van der Waals surface area contributed by atoms with E-state index < -0.39 is 5.97 Å². The fraction of sp³-hybridized carbons (Fsp3) is 0.905. The molecule has 0 unspecified atom stereocenters. The molecule has 0 radical (unpaired) electrons. The van der Waals surface area contributed by atoms with Gasteiger partial charge in [0.15, 0.2) is 0 Å². The molecule has 12 heteroatoms. The Morgan fingerprint density at radius 3 is 1.30 bits per heavy atom. The number of alkyl halides is 1. The van der Waals surface area contributed by atoms with Gasteiger partial charge in [0.05, 0.1) is 92.3 Å². The van der Waals surface area contributed by atoms with Crippen LogP contribution in [0.1, 0.15) is 19.3 Å². The van der Waals surface area contributed by atoms with Crippen molar-refractivity contribution in [3.63, 3.8) is 0 Å². The lowest BCUT2D eigenvalue weighted by atomic mass is 10.3. The summed E-state index contributed by atoms with van der Waals surface area (Å²) in [6.45, 7) is 7.47. The first-order valence-corrected chi connectivity index (χ1v) is 11.8. The smallest absolute Gasteiger partial charge is 0.303 e. The molecule has 0 aromatic heterocycles. The lowest BCUT2D eigenvalue weighted by Crippen LogP contribution is -2.25. The summed E-state index contributed by atoms with van der Waals surface area (Å²) in [4.78, 5) is 21.7. The van der Waals surface area contributed by atoms with E-state index in [1.165, 1.54) is 0 Å². The third-order valence-corrected chi connectivity index (χ3v) is 3.96. The molecule has 2 N–H and O–H groups in total. The SMILES string of the molecule is O=C(O)CCC(=O)NCCCOCCOCCOCCOCCOCCOCCOCCCl. The molecule has 0 aromatic rings. The summed E-state index contributed by atoms with van der Waals surface area (Å²) in [5.41, 5.74) is 0. The molecule has 0 heterocycles. The van der Waals surface area contributed by atoms with E-state index in [1.54, 1.807) is 0 Å². The molecule has 0 atom stereocenters. The number of hydrogen-bond acceptors (Lipinski definition) is 9. The molecule has 0 saturated heterocycles. The van der Waals surface area contributed by atoms with E-state index in [-0.39, 0.29) is 18.7 Å². The van der Waals surface area contributed by atoms with Gasteiger partial charge in [-0.25, -0.2) is 0 Å². The number of carbonyl (C=O) groups is 2. The Morgan fingerprint density at radius 1 is 0.576 bits per heavy atom. The first kappa shape index (κ1) is 31.9. The Morgan fingerprint density at radius 2 is 0.939 bits per heavy atom. The quantitative estimate of drug-likeness (QED) is 0.122. The summed E-state index contributed by atoms with van der Waals surface area (Å²) in [5.74, 6) is -0.751. The summed E-state index contributed by atoms with van der Waals surface area (Å²) >= 11 is 5.48. The van der Waals surface area contributed by atoms with Gasteiger partial charge in [-0.1, -0.05) is 0 Å². The van der Waals surface area contributed by atoms with Crippen molar-refractivity contribution < 1.29 is 47.9 Å². The minimum absolute atomic E-state index is 0.00407. The van der Waals surface area contributed by atoms with Crippen LogP contribution in [-0.2, 0) is 42.7 Å². The van der Waals surface area contributed by atoms with Gasteiger partial charge in [0.25, 0.3) is 0 Å². The lowest BCUT2D eigenvalue weighted by molar-refractivity contribution is -0.138. The number of aliphatic carboxylic acids is 1. The van der Waals surface area contributed by atoms with Gasteiger partial charge in [-0.15, -0.1) is 11.6 Å². The molecular weight excluding hydrogens is 462 g/mol. The van der Waals surface area contributed by atoms with Crippen molar-refractivity contribution in [1.29, 1.82) is 0 Å². The second-order valence-corrected chi connectivity index (χ2v) is 6.95. The highest BCUT2D eigenvalue weighted by molar-refractivity contribution is 6.17. The van der Waals surface area contributed by atoms with Crippen LogP contribution in [-0.4, -0.2) is 122 Å². The number of nitrogens with one attached hydrogen (secondary N) is 1. The van der Waals surface area contributed by atoms with Crippen molar-refractivity contribution in [3.05, 3.63) is 0 Å². The third kappa shape index (κ3) is 28.9. The average Bonchev–Trinajstić information content (AvgIpc) is 2.80. The number of carbonyl (C=O) groups excluding carboxylic acids is 1. The summed E-state index contributed by atoms with van der Waals surface area (Å²) in [6, 6.07) is 0. The van der Waals surface area contributed by atoms with Gasteiger partial charge in [0, 0.05) is 25.5 Å². The Kier molecular flexibility index (Phi) is 26.3. The zero-order chi connectivity index (χ0) is 24.2. The Labute approximate surface area is 201 Å². The maximum atomic E-state index is 11.3. The van der Waals surface area contributed by atoms with Crippen molar-refractivity contribution in [2.24, 2.45) is 0 Å². The van der Waals surface area contributed by atoms with Gasteiger partial charge in [-0.2, -0.15) is 0 Å². The minimum atomic E-state index is -0.979. The van der Waals surface area contributed by atoms with Crippen molar-refractivity contribution in [2.45, 2.75) is 19.3 Å². The highest BCUT2D eigenvalue weighted by Gasteiger charge is 2.04. The standard InChI is InChI=1S/C21H40ClNO10/c22-4-7-28-9-11-30-13-15-32-17-19-33-18-16-31-14-12-29-10-8-27-6-1-5-23-20(24)2-3-21(25)26/h1-19H2,(H,23,24)(H,25,26). The van der Waals surface area contributed by atoms with Gasteiger partial charge in [-0.3, -0.25) is 9.59 Å². The molecule has 33 heavy (non-hydrogen) atoms. The van der Waals surface area contributed by atoms with E-state index in [4.69, 9.17) is 49.9 Å². The van der Waals surface area contributed by atoms with Crippen LogP contribution in [0.15, 0.2) is 0 Å². The topological polar surface area (TPSA) is 131 Å². The predicted molar refractivity (Wildman–Crippen MR) is 121 cm³/mol. The fourth-order valence-corrected chi connectivity index (χ4v) is 2.30. The number of carboxylic acid groups (broad SMARTS) is 1. The number of hydrogen-bond donors (Lipinski definition) is 2. The molecule has 0 aliphatic rings. The molecule has 0 spiro atoms. The Hall–Kier alpha value is -1.05. The summed E-state index contributed by atoms with van der Waals surface area (Å²) in [7, 11) is 0. The molecule has 0 aliphatic carbocycles. The van der Waals surface area contributed by atoms with Gasteiger partial charge in [0.2, 0.25) is 5.91 Å². The molecule has 0 aromatic carbocycles. The van der Waals surface area contributed by atoms with E-state index in [1.807, 2.05) is 0 Å². The normalized spacial score (nSPS) is 11.1. The fourth-order valence-electron chi connectivity index (χ4n) is 2.19. The average molecular weight is 502 g/mol. The first-order valence-electron chi connectivity index (χ1n) is 11.3. The van der Waals surface area contributed by atoms with Crippen LogP contribution >= 0.6 is 11.6 Å². The van der Waals surface area contributed by atoms with E-state index in [2.05, 4.69) is 5.32 Å². The molecule has 0 rings (SSSR count). The van der Waals surface area contributed by atoms with Crippen LogP contribution < -0.4 is 5.32 Å². The van der Waals surface area contributed by atoms with Gasteiger partial charge in [0.1, 0.15) is 0 Å². The van der Waals surface area contributed by atoms with Crippen LogP contribution in [0.4, 0.5) is 0 Å². The van der Waals surface area contributed by atoms with E-state index in [0.29, 0.717) is 111 Å². The molecule has 11 nitrogen and oxygen atoms in total. The monoisotopic (exact) mass is 501 g/mol. The van der Waals surface area contributed by atoms with Gasteiger partial charge in [-0.05, 0) is 6.42 Å². The van der Waals surface area contributed by atoms with E-state index in [9.17, 15) is 9.59 Å². The van der Waals surface area contributed by atoms with Crippen molar-refractivity contribution in [2.75, 3.05) is 105 Å². The van der Waals surface area contributed by atoms with Crippen molar-refractivity contribution >= 4 is 23.5 Å². The van der Waals surface area contributed by atoms with Gasteiger partial charge < -0.3 is 43.6 Å². The number of ether oxygens (including phenoxy) is 7. The summed E-state index contributed by atoms with van der Waals surface area (Å²) in [6.07, 6.45) is 0.497. The molecule has 196 valence electrons. The maximum absolute atomic E-state index is 11.3. The van der Waals surface area contributed by atoms with Gasteiger partial charge >= 0.3 is 5.97 Å². The highest BCUT2D eigenvalue weighted by Crippen LogP contribution is 1.90. The third-order valence-electron chi connectivity index (χ3n) is 3.81. The molecule has 0 bridgehead atoms. The largest absolute Gasteiger partial charge is 0.481 e. The molecule has 1 amide bonds. The predicted octanol–water partition coefficient (Wildman–Crippen LogP) is 0.713. The maximum Gasteiger partial charge on any atom is 0.303 e. The minimum Gasteiger partial charge on any atom is -0.481 e. The Balaban J connectivity index is 3.08. The second-order valence-electron chi connectivity index (χ2n) is 6.57. The number of halogens is 1. The Bertz CT molecular complexity index is 445. The zero-order valence-corrected chi connectivity index (χ0v) is 20.2. The van der Waals surface area contributed by atoms with E-state index in [0.717, 1.165) is 0 Å².